The van der Waals surface area contributed by atoms with Crippen molar-refractivity contribution in [3.8, 4) is 56.5 Å². The van der Waals surface area contributed by atoms with Crippen molar-refractivity contribution >= 4 is 0 Å². The number of benzene rings is 4. The summed E-state index contributed by atoms with van der Waals surface area (Å²) in [6.45, 7) is 4.66. The summed E-state index contributed by atoms with van der Waals surface area (Å²) in [7, 11) is 0. The zero-order valence-electron chi connectivity index (χ0n) is 22.4. The Morgan fingerprint density at radius 1 is 0.575 bits per heavy atom. The van der Waals surface area contributed by atoms with Gasteiger partial charge in [0.15, 0.2) is 17.5 Å². The summed E-state index contributed by atoms with van der Waals surface area (Å²) in [6.07, 6.45) is 2.63. The summed E-state index contributed by atoms with van der Waals surface area (Å²) in [5, 5.41) is 0. The number of hydrogen-bond acceptors (Lipinski definition) is 4. The van der Waals surface area contributed by atoms with Crippen LogP contribution >= 0.6 is 0 Å². The van der Waals surface area contributed by atoms with E-state index in [1.165, 1.54) is 44.5 Å². The Morgan fingerprint density at radius 2 is 1.27 bits per heavy atom. The predicted octanol–water partition coefficient (Wildman–Crippen LogP) is 8.15. The Bertz CT molecular complexity index is 1880. The highest BCUT2D eigenvalue weighted by molar-refractivity contribution is 6.00. The maximum Gasteiger partial charge on any atom is 0.182 e. The van der Waals surface area contributed by atoms with E-state index in [0.717, 1.165) is 23.2 Å². The summed E-state index contributed by atoms with van der Waals surface area (Å²) in [5.41, 5.74) is 13.2. The molecule has 0 aliphatic heterocycles. The third-order valence-corrected chi connectivity index (χ3v) is 8.43. The molecule has 0 N–H and O–H groups in total. The van der Waals surface area contributed by atoms with Gasteiger partial charge in [-0.3, -0.25) is 4.98 Å². The van der Waals surface area contributed by atoms with Crippen molar-refractivity contribution in [1.29, 1.82) is 0 Å². The molecule has 4 heteroatoms. The van der Waals surface area contributed by atoms with Gasteiger partial charge in [0, 0.05) is 22.7 Å². The van der Waals surface area contributed by atoms with Gasteiger partial charge in [0.2, 0.25) is 0 Å². The van der Waals surface area contributed by atoms with Gasteiger partial charge in [-0.15, -0.1) is 0 Å². The molecule has 0 saturated carbocycles. The minimum atomic E-state index is -0.146. The molecule has 6 aromatic rings. The second-order valence-corrected chi connectivity index (χ2v) is 11.1. The number of aromatic nitrogens is 4. The molecule has 2 aromatic heterocycles. The molecule has 2 aliphatic carbocycles. The third kappa shape index (κ3) is 3.32. The summed E-state index contributed by atoms with van der Waals surface area (Å²) >= 11 is 0. The first-order valence-corrected chi connectivity index (χ1v) is 13.7. The highest BCUT2D eigenvalue weighted by Gasteiger charge is 2.40. The second kappa shape index (κ2) is 8.52. The van der Waals surface area contributed by atoms with Crippen LogP contribution in [-0.2, 0) is 11.8 Å². The normalized spacial score (nSPS) is 13.8. The van der Waals surface area contributed by atoms with Crippen LogP contribution in [0.5, 0.6) is 0 Å². The van der Waals surface area contributed by atoms with E-state index >= 15 is 0 Å². The molecular weight excluding hydrogens is 488 g/mol. The van der Waals surface area contributed by atoms with Crippen molar-refractivity contribution in [2.45, 2.75) is 25.7 Å². The lowest BCUT2D eigenvalue weighted by Gasteiger charge is -2.23. The Hall–Kier alpha value is -4.96. The van der Waals surface area contributed by atoms with E-state index in [-0.39, 0.29) is 5.41 Å². The second-order valence-electron chi connectivity index (χ2n) is 11.1. The molecule has 0 bridgehead atoms. The van der Waals surface area contributed by atoms with Crippen molar-refractivity contribution in [2.75, 3.05) is 0 Å². The summed E-state index contributed by atoms with van der Waals surface area (Å²) in [4.78, 5) is 19.6. The van der Waals surface area contributed by atoms with E-state index in [2.05, 4.69) is 73.4 Å². The average Bonchev–Trinajstić information content (AvgIpc) is 3.50. The molecule has 0 radical (unpaired) electrons. The molecule has 8 rings (SSSR count). The number of hydrogen-bond donors (Lipinski definition) is 0. The van der Waals surface area contributed by atoms with Gasteiger partial charge in [0.25, 0.3) is 0 Å². The van der Waals surface area contributed by atoms with Crippen LogP contribution in [0.25, 0.3) is 56.5 Å². The molecule has 4 nitrogen and oxygen atoms in total. The highest BCUT2D eigenvalue weighted by Crippen LogP contribution is 2.57. The SMILES string of the molecule is CC1(C)c2ccccc2-c2c1cc(-c1nc(-c3ccccc3)nc(-c3ccccn3)n1)c1c2-c2ccccc2C1. The van der Waals surface area contributed by atoms with Crippen LogP contribution in [0, 0.1) is 0 Å². The lowest BCUT2D eigenvalue weighted by Crippen LogP contribution is -2.15. The van der Waals surface area contributed by atoms with Crippen molar-refractivity contribution in [3.05, 3.63) is 132 Å². The molecule has 0 unspecified atom stereocenters. The standard InChI is InChI=1S/C36H26N4/c1-36(2)28-17-9-8-16-25(28)32-29(36)21-27(26-20-23-14-6-7-15-24(23)31(26)32)34-38-33(22-12-4-3-5-13-22)39-35(40-34)30-18-10-11-19-37-30/h3-19,21H,20H2,1-2H3. The minimum absolute atomic E-state index is 0.146. The molecule has 0 atom stereocenters. The van der Waals surface area contributed by atoms with Crippen LogP contribution < -0.4 is 0 Å². The molecule has 0 amide bonds. The Balaban J connectivity index is 1.45. The van der Waals surface area contributed by atoms with Crippen LogP contribution in [0.1, 0.15) is 36.1 Å². The largest absolute Gasteiger partial charge is 0.253 e. The lowest BCUT2D eigenvalue weighted by molar-refractivity contribution is 0.660. The van der Waals surface area contributed by atoms with Gasteiger partial charge < -0.3 is 0 Å². The third-order valence-electron chi connectivity index (χ3n) is 8.43. The van der Waals surface area contributed by atoms with E-state index in [1.54, 1.807) is 6.20 Å². The summed E-state index contributed by atoms with van der Waals surface area (Å²) < 4.78 is 0. The van der Waals surface area contributed by atoms with Crippen LogP contribution in [0.2, 0.25) is 0 Å². The van der Waals surface area contributed by atoms with Gasteiger partial charge >= 0.3 is 0 Å². The lowest BCUT2D eigenvalue weighted by atomic mass is 9.80. The molecule has 40 heavy (non-hydrogen) atoms. The van der Waals surface area contributed by atoms with Crippen molar-refractivity contribution in [1.82, 2.24) is 19.9 Å². The van der Waals surface area contributed by atoms with Crippen molar-refractivity contribution in [3.63, 3.8) is 0 Å². The number of pyridine rings is 1. The first-order valence-electron chi connectivity index (χ1n) is 13.7. The van der Waals surface area contributed by atoms with E-state index in [1.807, 2.05) is 48.5 Å². The first-order chi connectivity index (χ1) is 19.6. The van der Waals surface area contributed by atoms with Gasteiger partial charge in [-0.1, -0.05) is 98.8 Å². The Labute approximate surface area is 233 Å². The molecule has 2 aliphatic rings. The first kappa shape index (κ1) is 23.0. The topological polar surface area (TPSA) is 51.6 Å². The zero-order chi connectivity index (χ0) is 26.8. The van der Waals surface area contributed by atoms with Crippen molar-refractivity contribution < 1.29 is 0 Å². The van der Waals surface area contributed by atoms with Gasteiger partial charge in [-0.05, 0) is 69.1 Å². The quantitative estimate of drug-likeness (QED) is 0.239. The van der Waals surface area contributed by atoms with Crippen LogP contribution in [0.15, 0.2) is 109 Å². The van der Waals surface area contributed by atoms with Gasteiger partial charge in [-0.2, -0.15) is 0 Å². The van der Waals surface area contributed by atoms with E-state index in [9.17, 15) is 0 Å². The summed E-state index contributed by atoms with van der Waals surface area (Å²) in [6, 6.07) is 36.0. The molecule has 0 spiro atoms. The molecule has 190 valence electrons. The number of fused-ring (bicyclic) bond motifs is 7. The number of rotatable bonds is 3. The monoisotopic (exact) mass is 514 g/mol. The molecule has 4 aromatic carbocycles. The minimum Gasteiger partial charge on any atom is -0.253 e. The molecular formula is C36H26N4. The predicted molar refractivity (Wildman–Crippen MR) is 160 cm³/mol. The van der Waals surface area contributed by atoms with Gasteiger partial charge in [0.05, 0.1) is 0 Å². The van der Waals surface area contributed by atoms with Crippen molar-refractivity contribution in [2.24, 2.45) is 0 Å². The summed E-state index contributed by atoms with van der Waals surface area (Å²) in [5.74, 6) is 1.92. The fourth-order valence-corrected chi connectivity index (χ4v) is 6.50. The van der Waals surface area contributed by atoms with E-state index in [0.29, 0.717) is 17.5 Å². The molecule has 0 saturated heterocycles. The van der Waals surface area contributed by atoms with Crippen LogP contribution in [0.4, 0.5) is 0 Å². The van der Waals surface area contributed by atoms with E-state index < -0.39 is 0 Å². The maximum absolute atomic E-state index is 5.11. The Morgan fingerprint density at radius 3 is 2.10 bits per heavy atom. The number of nitrogens with zero attached hydrogens (tertiary/aromatic N) is 4. The van der Waals surface area contributed by atoms with Crippen LogP contribution in [-0.4, -0.2) is 19.9 Å². The highest BCUT2D eigenvalue weighted by atomic mass is 15.0. The fraction of sp³-hybridized carbons (Fsp3) is 0.111. The Kier molecular flexibility index (Phi) is 4.89. The smallest absolute Gasteiger partial charge is 0.182 e. The zero-order valence-corrected chi connectivity index (χ0v) is 22.4. The fourth-order valence-electron chi connectivity index (χ4n) is 6.50. The maximum atomic E-state index is 5.11. The van der Waals surface area contributed by atoms with Gasteiger partial charge in [-0.25, -0.2) is 15.0 Å². The molecule has 2 heterocycles. The average molecular weight is 515 g/mol. The van der Waals surface area contributed by atoms with Crippen LogP contribution in [0.3, 0.4) is 0 Å². The molecule has 0 fully saturated rings. The van der Waals surface area contributed by atoms with Gasteiger partial charge in [0.1, 0.15) is 5.69 Å². The van der Waals surface area contributed by atoms with E-state index in [4.69, 9.17) is 15.0 Å².